The zero-order valence-electron chi connectivity index (χ0n) is 13.2. The van der Waals surface area contributed by atoms with E-state index in [1.807, 2.05) is 26.1 Å². The molecule has 1 N–H and O–H groups in total. The van der Waals surface area contributed by atoms with Crippen LogP contribution in [-0.2, 0) is 13.1 Å². The molecule has 1 atom stereocenters. The fourth-order valence-electron chi connectivity index (χ4n) is 2.81. The lowest BCUT2D eigenvalue weighted by Gasteiger charge is -2.33. The topological polar surface area (TPSA) is 63.3 Å². The molecule has 2 aromatic heterocycles. The van der Waals surface area contributed by atoms with Crippen LogP contribution in [-0.4, -0.2) is 32.9 Å². The first-order valence-corrected chi connectivity index (χ1v) is 7.67. The Balaban J connectivity index is 1.76. The summed E-state index contributed by atoms with van der Waals surface area (Å²) in [4.78, 5) is 19.0. The quantitative estimate of drug-likeness (QED) is 0.940. The van der Waals surface area contributed by atoms with Crippen molar-refractivity contribution in [3.05, 3.63) is 41.9 Å². The third kappa shape index (κ3) is 2.92. The van der Waals surface area contributed by atoms with Crippen LogP contribution in [0.3, 0.4) is 0 Å². The Bertz CT molecular complexity index is 645. The Hall–Kier alpha value is -2.08. The van der Waals surface area contributed by atoms with E-state index in [4.69, 9.17) is 4.42 Å². The van der Waals surface area contributed by atoms with Gasteiger partial charge in [0, 0.05) is 37.4 Å². The van der Waals surface area contributed by atoms with Crippen molar-refractivity contribution in [2.24, 2.45) is 0 Å². The van der Waals surface area contributed by atoms with E-state index < -0.39 is 0 Å². The predicted octanol–water partition coefficient (Wildman–Crippen LogP) is 2.19. The van der Waals surface area contributed by atoms with Gasteiger partial charge in [-0.3, -0.25) is 9.69 Å². The third-order valence-corrected chi connectivity index (χ3v) is 3.98. The Labute approximate surface area is 130 Å². The van der Waals surface area contributed by atoms with E-state index in [0.29, 0.717) is 5.69 Å². The molecule has 118 valence electrons. The van der Waals surface area contributed by atoms with E-state index in [1.54, 1.807) is 12.5 Å². The molecule has 0 saturated heterocycles. The van der Waals surface area contributed by atoms with Crippen LogP contribution in [0, 0.1) is 0 Å². The Kier molecular flexibility index (Phi) is 4.02. The van der Waals surface area contributed by atoms with Gasteiger partial charge in [-0.2, -0.15) is 0 Å². The van der Waals surface area contributed by atoms with Crippen molar-refractivity contribution in [1.29, 1.82) is 0 Å². The lowest BCUT2D eigenvalue weighted by molar-refractivity contribution is 0.0938. The second-order valence-electron chi connectivity index (χ2n) is 6.08. The molecule has 3 heterocycles. The predicted molar refractivity (Wildman–Crippen MR) is 82.4 cm³/mol. The van der Waals surface area contributed by atoms with E-state index in [0.717, 1.165) is 31.0 Å². The van der Waals surface area contributed by atoms with Crippen molar-refractivity contribution < 1.29 is 9.21 Å². The highest BCUT2D eigenvalue weighted by molar-refractivity contribution is 5.92. The monoisotopic (exact) mass is 302 g/mol. The number of carbonyl (C=O) groups excluding carboxylic acids is 1. The van der Waals surface area contributed by atoms with E-state index in [1.165, 1.54) is 0 Å². The highest BCUT2D eigenvalue weighted by Crippen LogP contribution is 2.26. The van der Waals surface area contributed by atoms with Gasteiger partial charge in [-0.05, 0) is 26.8 Å². The van der Waals surface area contributed by atoms with Gasteiger partial charge in [-0.25, -0.2) is 4.98 Å². The molecule has 2 aromatic rings. The number of nitrogens with zero attached hydrogens (tertiary/aromatic N) is 3. The molecule has 1 unspecified atom stereocenters. The van der Waals surface area contributed by atoms with Crippen molar-refractivity contribution in [3.63, 3.8) is 0 Å². The lowest BCUT2D eigenvalue weighted by atomic mass is 10.2. The molecular weight excluding hydrogens is 280 g/mol. The summed E-state index contributed by atoms with van der Waals surface area (Å²) in [6.45, 7) is 8.63. The van der Waals surface area contributed by atoms with Gasteiger partial charge in [0.2, 0.25) is 0 Å². The molecule has 22 heavy (non-hydrogen) atoms. The van der Waals surface area contributed by atoms with E-state index in [-0.39, 0.29) is 18.0 Å². The minimum Gasteiger partial charge on any atom is -0.472 e. The zero-order valence-corrected chi connectivity index (χ0v) is 13.2. The number of aromatic nitrogens is 2. The number of imidazole rings is 1. The van der Waals surface area contributed by atoms with E-state index in [9.17, 15) is 4.79 Å². The molecule has 6 nitrogen and oxygen atoms in total. The molecule has 6 heteroatoms. The van der Waals surface area contributed by atoms with Gasteiger partial charge in [0.15, 0.2) is 0 Å². The number of furan rings is 1. The van der Waals surface area contributed by atoms with Crippen LogP contribution in [0.15, 0.2) is 29.2 Å². The van der Waals surface area contributed by atoms with Crippen LogP contribution < -0.4 is 5.32 Å². The first kappa shape index (κ1) is 14.8. The molecule has 0 saturated carbocycles. The zero-order chi connectivity index (χ0) is 15.7. The molecule has 0 spiro atoms. The smallest absolute Gasteiger partial charge is 0.271 e. The van der Waals surface area contributed by atoms with Crippen LogP contribution >= 0.6 is 0 Å². The molecule has 1 amide bonds. The molecular formula is C16H22N4O2. The van der Waals surface area contributed by atoms with Crippen molar-refractivity contribution in [1.82, 2.24) is 19.8 Å². The van der Waals surface area contributed by atoms with Crippen molar-refractivity contribution in [2.45, 2.75) is 45.9 Å². The van der Waals surface area contributed by atoms with Gasteiger partial charge in [0.05, 0.1) is 18.6 Å². The minimum absolute atomic E-state index is 0.106. The number of hydrogen-bond donors (Lipinski definition) is 1. The summed E-state index contributed by atoms with van der Waals surface area (Å²) in [6, 6.07) is 2.26. The maximum Gasteiger partial charge on any atom is 0.271 e. The number of nitrogens with one attached hydrogen (secondary N) is 1. The van der Waals surface area contributed by atoms with Gasteiger partial charge in [-0.15, -0.1) is 0 Å². The fourth-order valence-corrected chi connectivity index (χ4v) is 2.81. The van der Waals surface area contributed by atoms with Crippen molar-refractivity contribution >= 4 is 5.91 Å². The highest BCUT2D eigenvalue weighted by atomic mass is 16.3. The summed E-state index contributed by atoms with van der Waals surface area (Å²) in [6.07, 6.45) is 5.33. The fraction of sp³-hybridized carbons (Fsp3) is 0.500. The summed E-state index contributed by atoms with van der Waals surface area (Å²) in [5.41, 5.74) is 1.66. The number of rotatable bonds is 4. The largest absolute Gasteiger partial charge is 0.472 e. The SMILES string of the molecule is CC(C)NC(=O)c1cn2c(n1)C(C)N(Cc1ccoc1)CC2. The van der Waals surface area contributed by atoms with E-state index in [2.05, 4.69) is 26.7 Å². The molecule has 3 rings (SSSR count). The minimum atomic E-state index is -0.106. The van der Waals surface area contributed by atoms with Gasteiger partial charge in [-0.1, -0.05) is 0 Å². The van der Waals surface area contributed by atoms with Crippen LogP contribution in [0.5, 0.6) is 0 Å². The van der Waals surface area contributed by atoms with Crippen LogP contribution in [0.4, 0.5) is 0 Å². The first-order valence-electron chi connectivity index (χ1n) is 7.67. The second kappa shape index (κ2) is 5.96. The van der Waals surface area contributed by atoms with Crippen LogP contribution in [0.2, 0.25) is 0 Å². The average molecular weight is 302 g/mol. The summed E-state index contributed by atoms with van der Waals surface area (Å²) < 4.78 is 7.22. The average Bonchev–Trinajstić information content (AvgIpc) is 3.10. The molecule has 0 fully saturated rings. The van der Waals surface area contributed by atoms with Gasteiger partial charge in [0.25, 0.3) is 5.91 Å². The van der Waals surface area contributed by atoms with Crippen molar-refractivity contribution in [2.75, 3.05) is 6.54 Å². The van der Waals surface area contributed by atoms with Crippen molar-refractivity contribution in [3.8, 4) is 0 Å². The number of carbonyl (C=O) groups is 1. The summed E-state index contributed by atoms with van der Waals surface area (Å²) >= 11 is 0. The summed E-state index contributed by atoms with van der Waals surface area (Å²) in [5, 5.41) is 2.89. The molecule has 0 bridgehead atoms. The van der Waals surface area contributed by atoms with Crippen LogP contribution in [0.25, 0.3) is 0 Å². The Morgan fingerprint density at radius 3 is 3.00 bits per heavy atom. The maximum atomic E-state index is 12.1. The molecule has 1 aliphatic rings. The van der Waals surface area contributed by atoms with Gasteiger partial charge >= 0.3 is 0 Å². The number of hydrogen-bond acceptors (Lipinski definition) is 4. The molecule has 1 aliphatic heterocycles. The highest BCUT2D eigenvalue weighted by Gasteiger charge is 2.27. The Morgan fingerprint density at radius 2 is 2.32 bits per heavy atom. The molecule has 0 aliphatic carbocycles. The van der Waals surface area contributed by atoms with Gasteiger partial charge < -0.3 is 14.3 Å². The number of fused-ring (bicyclic) bond motifs is 1. The normalized spacial score (nSPS) is 18.5. The summed E-state index contributed by atoms with van der Waals surface area (Å²) in [7, 11) is 0. The van der Waals surface area contributed by atoms with Gasteiger partial charge in [0.1, 0.15) is 11.5 Å². The maximum absolute atomic E-state index is 12.1. The molecule has 0 aromatic carbocycles. The third-order valence-electron chi connectivity index (χ3n) is 3.98. The van der Waals surface area contributed by atoms with E-state index >= 15 is 0 Å². The van der Waals surface area contributed by atoms with Crippen LogP contribution in [0.1, 0.15) is 48.7 Å². The molecule has 0 radical (unpaired) electrons. The Morgan fingerprint density at radius 1 is 1.50 bits per heavy atom. The number of amides is 1. The standard InChI is InChI=1S/C16H22N4O2/c1-11(2)17-16(21)14-9-20-6-5-19(12(3)15(20)18-14)8-13-4-7-22-10-13/h4,7,9-12H,5-6,8H2,1-3H3,(H,17,21). The second-order valence-corrected chi connectivity index (χ2v) is 6.08. The lowest BCUT2D eigenvalue weighted by Crippen LogP contribution is -2.36. The summed E-state index contributed by atoms with van der Waals surface area (Å²) in [5.74, 6) is 0.842. The first-order chi connectivity index (χ1) is 10.5.